The second-order valence-corrected chi connectivity index (χ2v) is 7.34. The number of pyridine rings is 1. The molecule has 1 fully saturated rings. The van der Waals surface area contributed by atoms with E-state index in [0.29, 0.717) is 30.1 Å². The molecular formula is C21H21F3N4O. The molecule has 8 heteroatoms. The SMILES string of the molecule is CCc1ccc(C(=O)N2CCCC(c3nnc4ccc(C(F)(F)F)cn34)C2)cc1. The van der Waals surface area contributed by atoms with E-state index in [9.17, 15) is 18.0 Å². The number of aryl methyl sites for hydroxylation is 1. The number of rotatable bonds is 3. The van der Waals surface area contributed by atoms with Crippen molar-refractivity contribution in [3.63, 3.8) is 0 Å². The molecule has 1 aliphatic heterocycles. The molecule has 1 aromatic carbocycles. The third-order valence-electron chi connectivity index (χ3n) is 5.44. The maximum atomic E-state index is 13.1. The summed E-state index contributed by atoms with van der Waals surface area (Å²) in [5.74, 6) is 0.230. The van der Waals surface area contributed by atoms with Gasteiger partial charge in [0, 0.05) is 30.8 Å². The van der Waals surface area contributed by atoms with Gasteiger partial charge < -0.3 is 4.90 Å². The molecule has 1 unspecified atom stereocenters. The lowest BCUT2D eigenvalue weighted by Crippen LogP contribution is -2.39. The number of piperidine rings is 1. The van der Waals surface area contributed by atoms with E-state index < -0.39 is 11.7 Å². The van der Waals surface area contributed by atoms with Crippen LogP contribution in [0.1, 0.15) is 53.0 Å². The zero-order valence-electron chi connectivity index (χ0n) is 16.0. The molecular weight excluding hydrogens is 381 g/mol. The average Bonchev–Trinajstić information content (AvgIpc) is 3.16. The van der Waals surface area contributed by atoms with Gasteiger partial charge >= 0.3 is 6.18 Å². The van der Waals surface area contributed by atoms with E-state index in [2.05, 4.69) is 17.1 Å². The van der Waals surface area contributed by atoms with Crippen molar-refractivity contribution >= 4 is 11.6 Å². The molecule has 0 radical (unpaired) electrons. The summed E-state index contributed by atoms with van der Waals surface area (Å²) < 4.78 is 40.7. The predicted molar refractivity (Wildman–Crippen MR) is 102 cm³/mol. The van der Waals surface area contributed by atoms with Crippen LogP contribution in [0.4, 0.5) is 13.2 Å². The number of carbonyl (C=O) groups is 1. The Bertz CT molecular complexity index is 1030. The Kier molecular flexibility index (Phi) is 5.02. The quantitative estimate of drug-likeness (QED) is 0.655. The van der Waals surface area contributed by atoms with E-state index in [1.165, 1.54) is 10.5 Å². The summed E-state index contributed by atoms with van der Waals surface area (Å²) in [5.41, 5.74) is 1.40. The number of carbonyl (C=O) groups excluding carboxylic acids is 1. The van der Waals surface area contributed by atoms with Crippen molar-refractivity contribution in [3.05, 3.63) is 65.1 Å². The molecule has 152 valence electrons. The summed E-state index contributed by atoms with van der Waals surface area (Å²) in [6, 6.07) is 9.86. The first-order chi connectivity index (χ1) is 13.9. The standard InChI is InChI=1S/C21H21F3N4O/c1-2-14-5-7-15(8-6-14)20(29)27-11-3-4-16(12-27)19-26-25-18-10-9-17(13-28(18)19)21(22,23)24/h5-10,13,16H,2-4,11-12H2,1H3. The molecule has 4 rings (SSSR count). The summed E-state index contributed by atoms with van der Waals surface area (Å²) in [6.07, 6.45) is -0.989. The second kappa shape index (κ2) is 7.50. The minimum atomic E-state index is -4.44. The highest BCUT2D eigenvalue weighted by Gasteiger charge is 2.33. The van der Waals surface area contributed by atoms with Gasteiger partial charge in [0.1, 0.15) is 5.82 Å². The van der Waals surface area contributed by atoms with Crippen molar-refractivity contribution in [1.29, 1.82) is 0 Å². The molecule has 1 saturated heterocycles. The smallest absolute Gasteiger partial charge is 0.338 e. The minimum absolute atomic E-state index is 0.0674. The lowest BCUT2D eigenvalue weighted by Gasteiger charge is -2.32. The maximum Gasteiger partial charge on any atom is 0.417 e. The molecule has 0 N–H and O–H groups in total. The highest BCUT2D eigenvalue weighted by molar-refractivity contribution is 5.94. The van der Waals surface area contributed by atoms with Crippen LogP contribution < -0.4 is 0 Å². The molecule has 0 aliphatic carbocycles. The van der Waals surface area contributed by atoms with Gasteiger partial charge in [0.05, 0.1) is 5.56 Å². The van der Waals surface area contributed by atoms with Crippen LogP contribution in [0.15, 0.2) is 42.6 Å². The Balaban J connectivity index is 1.58. The van der Waals surface area contributed by atoms with Crippen molar-refractivity contribution in [3.8, 4) is 0 Å². The van der Waals surface area contributed by atoms with Crippen LogP contribution in [0.3, 0.4) is 0 Å². The second-order valence-electron chi connectivity index (χ2n) is 7.34. The lowest BCUT2D eigenvalue weighted by atomic mass is 9.96. The Morgan fingerprint density at radius 2 is 1.90 bits per heavy atom. The molecule has 1 atom stereocenters. The van der Waals surface area contributed by atoms with E-state index in [-0.39, 0.29) is 11.8 Å². The molecule has 29 heavy (non-hydrogen) atoms. The zero-order chi connectivity index (χ0) is 20.6. The van der Waals surface area contributed by atoms with Gasteiger partial charge in [0.15, 0.2) is 5.65 Å². The highest BCUT2D eigenvalue weighted by atomic mass is 19.4. The first kappa shape index (κ1) is 19.4. The lowest BCUT2D eigenvalue weighted by molar-refractivity contribution is -0.137. The number of hydrogen-bond acceptors (Lipinski definition) is 3. The fraction of sp³-hybridized carbons (Fsp3) is 0.381. The third kappa shape index (κ3) is 3.83. The number of nitrogens with zero attached hydrogens (tertiary/aromatic N) is 4. The van der Waals surface area contributed by atoms with Crippen molar-refractivity contribution in [2.75, 3.05) is 13.1 Å². The van der Waals surface area contributed by atoms with Gasteiger partial charge in [-0.1, -0.05) is 19.1 Å². The Morgan fingerprint density at radius 3 is 2.59 bits per heavy atom. The normalized spacial score (nSPS) is 17.7. The Hall–Kier alpha value is -2.90. The van der Waals surface area contributed by atoms with Crippen LogP contribution in [0.2, 0.25) is 0 Å². The first-order valence-corrected chi connectivity index (χ1v) is 9.67. The van der Waals surface area contributed by atoms with Gasteiger partial charge in [-0.15, -0.1) is 10.2 Å². The Labute approximate surface area is 166 Å². The molecule has 0 saturated carbocycles. The van der Waals surface area contributed by atoms with Crippen molar-refractivity contribution < 1.29 is 18.0 Å². The number of fused-ring (bicyclic) bond motifs is 1. The van der Waals surface area contributed by atoms with E-state index in [1.807, 2.05) is 24.3 Å². The third-order valence-corrected chi connectivity index (χ3v) is 5.44. The van der Waals surface area contributed by atoms with Crippen LogP contribution in [-0.2, 0) is 12.6 Å². The number of hydrogen-bond donors (Lipinski definition) is 0. The first-order valence-electron chi connectivity index (χ1n) is 9.67. The maximum absolute atomic E-state index is 13.1. The van der Waals surface area contributed by atoms with Crippen molar-refractivity contribution in [1.82, 2.24) is 19.5 Å². The molecule has 0 bridgehead atoms. The minimum Gasteiger partial charge on any atom is -0.338 e. The van der Waals surface area contributed by atoms with Gasteiger partial charge in [0.25, 0.3) is 5.91 Å². The van der Waals surface area contributed by atoms with Crippen LogP contribution in [0.5, 0.6) is 0 Å². The van der Waals surface area contributed by atoms with Crippen LogP contribution >= 0.6 is 0 Å². The number of alkyl halides is 3. The molecule has 5 nitrogen and oxygen atoms in total. The van der Waals surface area contributed by atoms with Gasteiger partial charge in [-0.05, 0) is 49.1 Å². The molecule has 2 aromatic heterocycles. The summed E-state index contributed by atoms with van der Waals surface area (Å²) in [6.45, 7) is 3.08. The number of amides is 1. The van der Waals surface area contributed by atoms with E-state index in [1.54, 1.807) is 4.90 Å². The number of halogens is 3. The zero-order valence-corrected chi connectivity index (χ0v) is 16.0. The molecule has 1 amide bonds. The molecule has 3 heterocycles. The van der Waals surface area contributed by atoms with Gasteiger partial charge in [-0.2, -0.15) is 13.2 Å². The Morgan fingerprint density at radius 1 is 1.14 bits per heavy atom. The summed E-state index contributed by atoms with van der Waals surface area (Å²) in [5, 5.41) is 8.15. The van der Waals surface area contributed by atoms with Crippen LogP contribution in [0, 0.1) is 0 Å². The average molecular weight is 402 g/mol. The van der Waals surface area contributed by atoms with Crippen LogP contribution in [-0.4, -0.2) is 38.5 Å². The van der Waals surface area contributed by atoms with Crippen LogP contribution in [0.25, 0.3) is 5.65 Å². The topological polar surface area (TPSA) is 50.5 Å². The summed E-state index contributed by atoms with van der Waals surface area (Å²) in [4.78, 5) is 14.7. The number of likely N-dealkylation sites (tertiary alicyclic amines) is 1. The van der Waals surface area contributed by atoms with E-state index in [0.717, 1.165) is 37.1 Å². The van der Waals surface area contributed by atoms with E-state index in [4.69, 9.17) is 0 Å². The number of aromatic nitrogens is 3. The largest absolute Gasteiger partial charge is 0.417 e. The highest BCUT2D eigenvalue weighted by Crippen LogP contribution is 2.31. The molecule has 3 aromatic rings. The fourth-order valence-corrected chi connectivity index (χ4v) is 3.79. The van der Waals surface area contributed by atoms with Gasteiger partial charge in [0.2, 0.25) is 0 Å². The fourth-order valence-electron chi connectivity index (χ4n) is 3.79. The molecule has 1 aliphatic rings. The molecule has 0 spiro atoms. The van der Waals surface area contributed by atoms with E-state index >= 15 is 0 Å². The van der Waals surface area contributed by atoms with Crippen molar-refractivity contribution in [2.24, 2.45) is 0 Å². The van der Waals surface area contributed by atoms with Gasteiger partial charge in [-0.25, -0.2) is 0 Å². The number of benzene rings is 1. The van der Waals surface area contributed by atoms with Crippen molar-refractivity contribution in [2.45, 2.75) is 38.3 Å². The predicted octanol–water partition coefficient (Wildman–Crippen LogP) is 4.33. The monoisotopic (exact) mass is 402 g/mol. The van der Waals surface area contributed by atoms with Gasteiger partial charge in [-0.3, -0.25) is 9.20 Å². The summed E-state index contributed by atoms with van der Waals surface area (Å²) >= 11 is 0. The summed E-state index contributed by atoms with van der Waals surface area (Å²) in [7, 11) is 0.